The number of rotatable bonds is 8. The van der Waals surface area contributed by atoms with E-state index in [9.17, 15) is 14.4 Å². The highest BCUT2D eigenvalue weighted by Crippen LogP contribution is 2.52. The van der Waals surface area contributed by atoms with Crippen LogP contribution >= 0.6 is 7.82 Å². The van der Waals surface area contributed by atoms with Crippen molar-refractivity contribution in [3.05, 3.63) is 0 Å². The number of phosphoric acid groups is 1. The van der Waals surface area contributed by atoms with Crippen molar-refractivity contribution in [1.82, 2.24) is 0 Å². The van der Waals surface area contributed by atoms with Crippen molar-refractivity contribution in [2.24, 2.45) is 11.8 Å². The van der Waals surface area contributed by atoms with Gasteiger partial charge in [0.25, 0.3) is 0 Å². The zero-order valence-electron chi connectivity index (χ0n) is 13.2. The zero-order chi connectivity index (χ0) is 15.2. The minimum absolute atomic E-state index is 0.222. The first-order valence-corrected chi connectivity index (χ1v) is 9.62. The molecular formula is C15H31O4P. The summed E-state index contributed by atoms with van der Waals surface area (Å²) in [4.78, 5) is 18.6. The Morgan fingerprint density at radius 3 is 2.55 bits per heavy atom. The van der Waals surface area contributed by atoms with Gasteiger partial charge in [-0.3, -0.25) is 4.52 Å². The maximum Gasteiger partial charge on any atom is 0.470 e. The maximum atomic E-state index is 11.4. The van der Waals surface area contributed by atoms with Crippen molar-refractivity contribution < 1.29 is 18.9 Å². The number of hydrogen-bond donors (Lipinski definition) is 2. The smallest absolute Gasteiger partial charge is 0.303 e. The first-order valence-electron chi connectivity index (χ1n) is 8.09. The molecule has 0 amide bonds. The lowest BCUT2D eigenvalue weighted by Gasteiger charge is -2.44. The SMILES string of the molecule is CCCCC(CC)CC1(OP(=O)(O)O)CCCCC1C. The molecule has 0 aromatic heterocycles. The summed E-state index contributed by atoms with van der Waals surface area (Å²) in [6, 6.07) is 0. The molecule has 1 aliphatic carbocycles. The first-order chi connectivity index (χ1) is 9.33. The van der Waals surface area contributed by atoms with E-state index in [0.29, 0.717) is 5.92 Å². The van der Waals surface area contributed by atoms with E-state index in [1.807, 2.05) is 0 Å². The number of hydrogen-bond acceptors (Lipinski definition) is 2. The molecule has 1 rings (SSSR count). The molecular weight excluding hydrogens is 275 g/mol. The van der Waals surface area contributed by atoms with Gasteiger partial charge >= 0.3 is 7.82 Å². The summed E-state index contributed by atoms with van der Waals surface area (Å²) in [7, 11) is -4.43. The lowest BCUT2D eigenvalue weighted by molar-refractivity contribution is -0.0557. The van der Waals surface area contributed by atoms with Crippen molar-refractivity contribution in [1.29, 1.82) is 0 Å². The second-order valence-corrected chi connectivity index (χ2v) is 7.58. The minimum Gasteiger partial charge on any atom is -0.303 e. The molecule has 4 nitrogen and oxygen atoms in total. The largest absolute Gasteiger partial charge is 0.470 e. The van der Waals surface area contributed by atoms with Crippen LogP contribution in [-0.2, 0) is 9.09 Å². The highest BCUT2D eigenvalue weighted by molar-refractivity contribution is 7.46. The molecule has 1 saturated carbocycles. The zero-order valence-corrected chi connectivity index (χ0v) is 14.1. The molecule has 5 heteroatoms. The van der Waals surface area contributed by atoms with Crippen molar-refractivity contribution >= 4 is 7.82 Å². The Balaban J connectivity index is 2.83. The fourth-order valence-corrected chi connectivity index (χ4v) is 4.35. The van der Waals surface area contributed by atoms with Crippen LogP contribution in [0, 0.1) is 11.8 Å². The van der Waals surface area contributed by atoms with Crippen LogP contribution in [0.5, 0.6) is 0 Å². The average Bonchev–Trinajstić information content (AvgIpc) is 2.36. The van der Waals surface area contributed by atoms with E-state index in [0.717, 1.165) is 44.9 Å². The summed E-state index contributed by atoms with van der Waals surface area (Å²) in [5, 5.41) is 0. The van der Waals surface area contributed by atoms with Gasteiger partial charge in [0.2, 0.25) is 0 Å². The van der Waals surface area contributed by atoms with E-state index in [2.05, 4.69) is 20.8 Å². The molecule has 0 aromatic rings. The first kappa shape index (κ1) is 18.2. The van der Waals surface area contributed by atoms with Crippen LogP contribution < -0.4 is 0 Å². The second kappa shape index (κ2) is 7.93. The van der Waals surface area contributed by atoms with Crippen molar-refractivity contribution in [2.75, 3.05) is 0 Å². The van der Waals surface area contributed by atoms with Crippen molar-refractivity contribution in [2.45, 2.75) is 84.2 Å². The Kier molecular flexibility index (Phi) is 7.20. The van der Waals surface area contributed by atoms with Crippen LogP contribution in [-0.4, -0.2) is 15.4 Å². The second-order valence-electron chi connectivity index (χ2n) is 6.41. The summed E-state index contributed by atoms with van der Waals surface area (Å²) in [6.45, 7) is 6.43. The molecule has 0 aromatic carbocycles. The molecule has 20 heavy (non-hydrogen) atoms. The van der Waals surface area contributed by atoms with Gasteiger partial charge in [0.15, 0.2) is 0 Å². The molecule has 120 valence electrons. The Morgan fingerprint density at radius 2 is 2.05 bits per heavy atom. The van der Waals surface area contributed by atoms with Gasteiger partial charge in [-0.2, -0.15) is 0 Å². The molecule has 3 atom stereocenters. The van der Waals surface area contributed by atoms with Gasteiger partial charge in [0, 0.05) is 0 Å². The van der Waals surface area contributed by atoms with Crippen LogP contribution in [0.1, 0.15) is 78.6 Å². The number of phosphoric ester groups is 1. The third-order valence-electron chi connectivity index (χ3n) is 4.86. The van der Waals surface area contributed by atoms with Gasteiger partial charge in [-0.05, 0) is 31.1 Å². The van der Waals surface area contributed by atoms with Crippen LogP contribution in [0.2, 0.25) is 0 Å². The van der Waals surface area contributed by atoms with Gasteiger partial charge in [-0.15, -0.1) is 0 Å². The lowest BCUT2D eigenvalue weighted by atomic mass is 9.71. The predicted octanol–water partition coefficient (Wildman–Crippen LogP) is 4.65. The van der Waals surface area contributed by atoms with Crippen molar-refractivity contribution in [3.63, 3.8) is 0 Å². The monoisotopic (exact) mass is 306 g/mol. The quantitative estimate of drug-likeness (QED) is 0.640. The summed E-state index contributed by atoms with van der Waals surface area (Å²) >= 11 is 0. The molecule has 1 aliphatic rings. The Hall–Kier alpha value is 0.110. The summed E-state index contributed by atoms with van der Waals surface area (Å²) in [5.41, 5.74) is -0.619. The van der Waals surface area contributed by atoms with E-state index in [1.165, 1.54) is 12.8 Å². The van der Waals surface area contributed by atoms with Crippen LogP contribution in [0.25, 0.3) is 0 Å². The summed E-state index contributed by atoms with van der Waals surface area (Å²) in [6.07, 6.45) is 9.25. The molecule has 3 unspecified atom stereocenters. The summed E-state index contributed by atoms with van der Waals surface area (Å²) in [5.74, 6) is 0.724. The molecule has 0 aliphatic heterocycles. The molecule has 0 bridgehead atoms. The van der Waals surface area contributed by atoms with E-state index in [1.54, 1.807) is 0 Å². The maximum absolute atomic E-state index is 11.4. The molecule has 0 spiro atoms. The third kappa shape index (κ3) is 5.48. The van der Waals surface area contributed by atoms with E-state index >= 15 is 0 Å². The number of unbranched alkanes of at least 4 members (excludes halogenated alkanes) is 1. The van der Waals surface area contributed by atoms with E-state index in [4.69, 9.17) is 4.52 Å². The average molecular weight is 306 g/mol. The van der Waals surface area contributed by atoms with E-state index in [-0.39, 0.29) is 5.92 Å². The topological polar surface area (TPSA) is 66.8 Å². The van der Waals surface area contributed by atoms with Gasteiger partial charge < -0.3 is 9.79 Å². The fourth-order valence-electron chi connectivity index (χ4n) is 3.53. The third-order valence-corrected chi connectivity index (χ3v) is 5.46. The Bertz CT molecular complexity index is 328. The highest BCUT2D eigenvalue weighted by atomic mass is 31.2. The van der Waals surface area contributed by atoms with Crippen LogP contribution in [0.15, 0.2) is 0 Å². The van der Waals surface area contributed by atoms with Crippen LogP contribution in [0.4, 0.5) is 0 Å². The van der Waals surface area contributed by atoms with Gasteiger partial charge in [0.1, 0.15) is 0 Å². The summed E-state index contributed by atoms with van der Waals surface area (Å²) < 4.78 is 16.8. The van der Waals surface area contributed by atoms with Crippen molar-refractivity contribution in [3.8, 4) is 0 Å². The standard InChI is InChI=1S/C15H31O4P/c1-4-6-10-14(5-2)12-15(19-20(16,17)18)11-8-7-9-13(15)3/h13-14H,4-12H2,1-3H3,(H2,16,17,18). The molecule has 1 fully saturated rings. The Labute approximate surface area is 123 Å². The van der Waals surface area contributed by atoms with Gasteiger partial charge in [-0.1, -0.05) is 59.3 Å². The van der Waals surface area contributed by atoms with Gasteiger partial charge in [0.05, 0.1) is 5.60 Å². The Morgan fingerprint density at radius 1 is 1.35 bits per heavy atom. The van der Waals surface area contributed by atoms with Crippen LogP contribution in [0.3, 0.4) is 0 Å². The molecule has 0 saturated heterocycles. The van der Waals surface area contributed by atoms with E-state index < -0.39 is 13.4 Å². The molecule has 0 heterocycles. The molecule has 0 radical (unpaired) electrons. The highest BCUT2D eigenvalue weighted by Gasteiger charge is 2.44. The fraction of sp³-hybridized carbons (Fsp3) is 1.00. The lowest BCUT2D eigenvalue weighted by Crippen LogP contribution is -2.43. The minimum atomic E-state index is -4.43. The normalized spacial score (nSPS) is 29.4. The molecule has 2 N–H and O–H groups in total. The predicted molar refractivity (Wildman–Crippen MR) is 81.4 cm³/mol. The van der Waals surface area contributed by atoms with Gasteiger partial charge in [-0.25, -0.2) is 4.57 Å².